The van der Waals surface area contributed by atoms with Crippen LogP contribution >= 0.6 is 8.25 Å². The summed E-state index contributed by atoms with van der Waals surface area (Å²) in [6.45, 7) is 2.14. The van der Waals surface area contributed by atoms with Crippen molar-refractivity contribution in [2.75, 3.05) is 18.9 Å². The van der Waals surface area contributed by atoms with Gasteiger partial charge in [-0.3, -0.25) is 4.57 Å². The molecule has 0 bridgehead atoms. The monoisotopic (exact) mass is 414 g/mol. The second kappa shape index (κ2) is 9.64. The summed E-state index contributed by atoms with van der Waals surface area (Å²) in [7, 11) is -2.90. The first kappa shape index (κ1) is 21.0. The lowest BCUT2D eigenvalue weighted by atomic mass is 10.1. The predicted molar refractivity (Wildman–Crippen MR) is 99.3 cm³/mol. The van der Waals surface area contributed by atoms with E-state index in [4.69, 9.17) is 19.7 Å². The van der Waals surface area contributed by atoms with Crippen molar-refractivity contribution in [3.8, 4) is 0 Å². The molecule has 0 aromatic carbocycles. The van der Waals surface area contributed by atoms with Gasteiger partial charge in [-0.15, -0.1) is 9.42 Å². The van der Waals surface area contributed by atoms with Crippen molar-refractivity contribution in [2.24, 2.45) is 0 Å². The molecule has 12 heteroatoms. The Morgan fingerprint density at radius 1 is 1.29 bits per heavy atom. The maximum Gasteiger partial charge on any atom is 0.695 e. The molecule has 154 valence electrons. The Balaban J connectivity index is 1.87. The van der Waals surface area contributed by atoms with E-state index in [1.807, 2.05) is 0 Å². The zero-order chi connectivity index (χ0) is 20.1. The number of rotatable bonds is 10. The van der Waals surface area contributed by atoms with Crippen molar-refractivity contribution in [3.63, 3.8) is 0 Å². The summed E-state index contributed by atoms with van der Waals surface area (Å²) in [6.07, 6.45) is 3.57. The Morgan fingerprint density at radius 3 is 2.82 bits per heavy atom. The normalized spacial score (nSPS) is 25.5. The maximum atomic E-state index is 11.3. The lowest BCUT2D eigenvalue weighted by Gasteiger charge is -2.22. The lowest BCUT2D eigenvalue weighted by molar-refractivity contribution is -0.0705. The Morgan fingerprint density at radius 2 is 2.11 bits per heavy atom. The molecular weight excluding hydrogens is 389 g/mol. The molecule has 4 N–H and O–H groups in total. The van der Waals surface area contributed by atoms with Crippen LogP contribution in [0.3, 0.4) is 0 Å². The van der Waals surface area contributed by atoms with Crippen LogP contribution in [0.2, 0.25) is 0 Å². The van der Waals surface area contributed by atoms with E-state index >= 15 is 0 Å². The molecule has 11 nitrogen and oxygen atoms in total. The zero-order valence-electron chi connectivity index (χ0n) is 15.5. The number of unbranched alkanes of at least 4 members (excludes halogenated alkanes) is 3. The molecule has 1 fully saturated rings. The second-order valence-corrected chi connectivity index (χ2v) is 7.22. The number of hydrogen-bond donors (Lipinski definition) is 3. The lowest BCUT2D eigenvalue weighted by Crippen LogP contribution is -2.37. The minimum absolute atomic E-state index is 0.226. The van der Waals surface area contributed by atoms with Crippen LogP contribution in [0.1, 0.15) is 38.8 Å². The van der Waals surface area contributed by atoms with E-state index in [0.29, 0.717) is 17.8 Å². The van der Waals surface area contributed by atoms with Gasteiger partial charge in [-0.2, -0.15) is 0 Å². The van der Waals surface area contributed by atoms with Crippen molar-refractivity contribution in [1.29, 1.82) is 0 Å². The molecule has 1 aliphatic rings. The van der Waals surface area contributed by atoms with Crippen LogP contribution < -0.4 is 5.73 Å². The summed E-state index contributed by atoms with van der Waals surface area (Å²) in [5.74, 6) is 0.226. The quantitative estimate of drug-likeness (QED) is 0.383. The third-order valence-electron chi connectivity index (χ3n) is 4.65. The Kier molecular flexibility index (Phi) is 7.22. The Hall–Kier alpha value is -1.75. The molecule has 0 amide bonds. The molecule has 3 rings (SSSR count). The van der Waals surface area contributed by atoms with Gasteiger partial charge in [-0.05, 0) is 6.42 Å². The van der Waals surface area contributed by atoms with Gasteiger partial charge in [0.1, 0.15) is 24.1 Å². The highest BCUT2D eigenvalue weighted by molar-refractivity contribution is 7.32. The van der Waals surface area contributed by atoms with E-state index in [9.17, 15) is 14.6 Å². The molecule has 3 unspecified atom stereocenters. The highest BCUT2D eigenvalue weighted by atomic mass is 31.1. The number of ether oxygens (including phenoxy) is 2. The average Bonchev–Trinajstić information content (AvgIpc) is 3.24. The van der Waals surface area contributed by atoms with Gasteiger partial charge in [0.25, 0.3) is 0 Å². The van der Waals surface area contributed by atoms with Crippen molar-refractivity contribution >= 4 is 25.2 Å². The fourth-order valence-corrected chi connectivity index (χ4v) is 3.76. The molecule has 0 spiro atoms. The van der Waals surface area contributed by atoms with E-state index in [2.05, 4.69) is 21.9 Å². The number of aromatic nitrogens is 4. The summed E-state index contributed by atoms with van der Waals surface area (Å²) in [4.78, 5) is 21.6. The number of aliphatic hydroxyl groups excluding tert-OH is 1. The molecule has 1 aliphatic heterocycles. The standard InChI is InChI=1S/C16H24N5O6P/c1-2-3-4-5-6-25-13-12(27-28(23)24)10(7-22)26-16(13)21-9-20-11-14(17)18-8-19-15(11)21/h8-10,12-13,16,22H,2-7H2,1H3,(H2-,17,18,19,23,24)/p+1/t10-,12?,13?,16-/m1/s1. The maximum absolute atomic E-state index is 11.3. The summed E-state index contributed by atoms with van der Waals surface area (Å²) < 4.78 is 29.9. The van der Waals surface area contributed by atoms with Crippen molar-refractivity contribution in [1.82, 2.24) is 19.5 Å². The summed E-state index contributed by atoms with van der Waals surface area (Å²) in [5, 5.41) is 9.67. The van der Waals surface area contributed by atoms with Crippen LogP contribution in [0.4, 0.5) is 5.82 Å². The van der Waals surface area contributed by atoms with E-state index in [0.717, 1.165) is 25.7 Å². The second-order valence-electron chi connectivity index (χ2n) is 6.53. The SMILES string of the molecule is CCCCCCOC1C(O[P+](=O)O)[C@@H](CO)O[C@H]1n1cnc2c(N)ncnc21. The highest BCUT2D eigenvalue weighted by Gasteiger charge is 2.51. The minimum Gasteiger partial charge on any atom is -0.394 e. The van der Waals surface area contributed by atoms with Gasteiger partial charge in [0.15, 0.2) is 23.8 Å². The number of fused-ring (bicyclic) bond motifs is 1. The van der Waals surface area contributed by atoms with E-state index in [1.165, 1.54) is 12.7 Å². The molecule has 1 saturated heterocycles. The van der Waals surface area contributed by atoms with Gasteiger partial charge in [0.05, 0.1) is 12.9 Å². The van der Waals surface area contributed by atoms with Crippen molar-refractivity contribution < 1.29 is 28.6 Å². The third kappa shape index (κ3) is 4.45. The minimum atomic E-state index is -2.90. The van der Waals surface area contributed by atoms with Gasteiger partial charge >= 0.3 is 8.25 Å². The number of nitrogen functional groups attached to an aromatic ring is 1. The first-order valence-electron chi connectivity index (χ1n) is 9.20. The van der Waals surface area contributed by atoms with Crippen LogP contribution in [0.15, 0.2) is 12.7 Å². The predicted octanol–water partition coefficient (Wildman–Crippen LogP) is 1.30. The number of imidazole rings is 1. The number of nitrogens with two attached hydrogens (primary N) is 1. The molecule has 2 aromatic heterocycles. The van der Waals surface area contributed by atoms with Gasteiger partial charge in [0, 0.05) is 11.2 Å². The third-order valence-corrected chi connectivity index (χ3v) is 5.07. The smallest absolute Gasteiger partial charge is 0.394 e. The molecule has 0 radical (unpaired) electrons. The number of nitrogens with zero attached hydrogens (tertiary/aromatic N) is 4. The fourth-order valence-electron chi connectivity index (χ4n) is 3.29. The van der Waals surface area contributed by atoms with Crippen LogP contribution in [0, 0.1) is 0 Å². The molecule has 3 heterocycles. The summed E-state index contributed by atoms with van der Waals surface area (Å²) in [5.41, 5.74) is 6.68. The van der Waals surface area contributed by atoms with Crippen LogP contribution in [0.25, 0.3) is 11.2 Å². The summed E-state index contributed by atoms with van der Waals surface area (Å²) >= 11 is 0. The van der Waals surface area contributed by atoms with Gasteiger partial charge < -0.3 is 20.3 Å². The molecular formula is C16H25N5O6P+. The zero-order valence-corrected chi connectivity index (χ0v) is 16.4. The topological polar surface area (TPSA) is 155 Å². The first-order valence-corrected chi connectivity index (χ1v) is 10.3. The van der Waals surface area contributed by atoms with E-state index in [-0.39, 0.29) is 5.82 Å². The largest absolute Gasteiger partial charge is 0.695 e. The average molecular weight is 414 g/mol. The van der Waals surface area contributed by atoms with Gasteiger partial charge in [0.2, 0.25) is 0 Å². The molecule has 2 aromatic rings. The van der Waals surface area contributed by atoms with E-state index < -0.39 is 39.4 Å². The molecule has 0 saturated carbocycles. The Bertz CT molecular complexity index is 805. The molecule has 28 heavy (non-hydrogen) atoms. The number of anilines is 1. The Labute approximate surface area is 162 Å². The highest BCUT2D eigenvalue weighted by Crippen LogP contribution is 2.38. The fraction of sp³-hybridized carbons (Fsp3) is 0.688. The number of hydrogen-bond acceptors (Lipinski definition) is 9. The van der Waals surface area contributed by atoms with Gasteiger partial charge in [-0.25, -0.2) is 15.0 Å². The number of aliphatic hydroxyl groups is 1. The van der Waals surface area contributed by atoms with Crippen LogP contribution in [-0.4, -0.2) is 61.0 Å². The van der Waals surface area contributed by atoms with Crippen molar-refractivity contribution in [3.05, 3.63) is 12.7 Å². The van der Waals surface area contributed by atoms with E-state index in [1.54, 1.807) is 4.57 Å². The van der Waals surface area contributed by atoms with Crippen LogP contribution in [0.5, 0.6) is 0 Å². The first-order chi connectivity index (χ1) is 13.6. The van der Waals surface area contributed by atoms with Gasteiger partial charge in [-0.1, -0.05) is 26.2 Å². The molecule has 0 aliphatic carbocycles. The van der Waals surface area contributed by atoms with Crippen LogP contribution in [-0.2, 0) is 18.6 Å². The summed E-state index contributed by atoms with van der Waals surface area (Å²) in [6, 6.07) is 0. The van der Waals surface area contributed by atoms with Crippen molar-refractivity contribution in [2.45, 2.75) is 57.1 Å². The molecule has 5 atom stereocenters.